The van der Waals surface area contributed by atoms with E-state index in [0.29, 0.717) is 13.2 Å². The van der Waals surface area contributed by atoms with Crippen LogP contribution in [-0.4, -0.2) is 9.78 Å². The summed E-state index contributed by atoms with van der Waals surface area (Å²) < 4.78 is 7.38. The van der Waals surface area contributed by atoms with Crippen LogP contribution in [0.15, 0.2) is 36.5 Å². The molecular weight excluding hydrogens is 202 g/mol. The highest BCUT2D eigenvalue weighted by Gasteiger charge is 1.99. The molecule has 0 amide bonds. The van der Waals surface area contributed by atoms with Crippen LogP contribution in [0.1, 0.15) is 11.3 Å². The van der Waals surface area contributed by atoms with Gasteiger partial charge in [-0.25, -0.2) is 0 Å². The molecule has 2 aromatic rings. The number of rotatable bonds is 4. The first-order valence-corrected chi connectivity index (χ1v) is 5.18. The Morgan fingerprint density at radius 2 is 2.25 bits per heavy atom. The van der Waals surface area contributed by atoms with Crippen LogP contribution in [0.5, 0.6) is 5.75 Å². The predicted octanol–water partition coefficient (Wildman–Crippen LogP) is 1.46. The first kappa shape index (κ1) is 10.7. The molecule has 0 radical (unpaired) electrons. The third-order valence-electron chi connectivity index (χ3n) is 2.29. The molecule has 0 fully saturated rings. The van der Waals surface area contributed by atoms with Gasteiger partial charge in [0.2, 0.25) is 0 Å². The molecule has 0 saturated carbocycles. The zero-order chi connectivity index (χ0) is 11.4. The Balaban J connectivity index is 1.99. The highest BCUT2D eigenvalue weighted by Crippen LogP contribution is 2.14. The van der Waals surface area contributed by atoms with Crippen LogP contribution >= 0.6 is 0 Å². The molecule has 2 N–H and O–H groups in total. The van der Waals surface area contributed by atoms with Crippen molar-refractivity contribution in [1.29, 1.82) is 0 Å². The van der Waals surface area contributed by atoms with Gasteiger partial charge >= 0.3 is 0 Å². The molecule has 0 aliphatic rings. The lowest BCUT2D eigenvalue weighted by Crippen LogP contribution is -2.00. The molecule has 84 valence electrons. The van der Waals surface area contributed by atoms with Crippen molar-refractivity contribution in [2.24, 2.45) is 12.8 Å². The second-order valence-corrected chi connectivity index (χ2v) is 3.62. The molecule has 4 heteroatoms. The van der Waals surface area contributed by atoms with E-state index >= 15 is 0 Å². The van der Waals surface area contributed by atoms with E-state index in [2.05, 4.69) is 5.10 Å². The fraction of sp³-hybridized carbons (Fsp3) is 0.250. The third kappa shape index (κ3) is 2.61. The summed E-state index contributed by atoms with van der Waals surface area (Å²) in [7, 11) is 1.89. The first-order valence-electron chi connectivity index (χ1n) is 5.18. The van der Waals surface area contributed by atoms with Gasteiger partial charge in [-0.05, 0) is 23.8 Å². The summed E-state index contributed by atoms with van der Waals surface area (Å²) in [5, 5.41) is 4.24. The van der Waals surface area contributed by atoms with Crippen molar-refractivity contribution >= 4 is 0 Å². The fourth-order valence-electron chi connectivity index (χ4n) is 1.46. The van der Waals surface area contributed by atoms with Crippen LogP contribution in [0, 0.1) is 0 Å². The lowest BCUT2D eigenvalue weighted by molar-refractivity contribution is 0.300. The van der Waals surface area contributed by atoms with E-state index < -0.39 is 0 Å². The number of ether oxygens (including phenoxy) is 1. The maximum absolute atomic E-state index is 5.62. The second kappa shape index (κ2) is 4.81. The lowest BCUT2D eigenvalue weighted by Gasteiger charge is -2.05. The number of aromatic nitrogens is 2. The van der Waals surface area contributed by atoms with Gasteiger partial charge in [-0.15, -0.1) is 0 Å². The van der Waals surface area contributed by atoms with E-state index in [0.717, 1.165) is 17.0 Å². The second-order valence-electron chi connectivity index (χ2n) is 3.62. The van der Waals surface area contributed by atoms with E-state index in [1.807, 2.05) is 43.6 Å². The lowest BCUT2D eigenvalue weighted by atomic mass is 10.2. The average Bonchev–Trinajstić information content (AvgIpc) is 2.73. The Bertz CT molecular complexity index is 465. The Labute approximate surface area is 94.6 Å². The minimum atomic E-state index is 0.481. The summed E-state index contributed by atoms with van der Waals surface area (Å²) >= 11 is 0. The SMILES string of the molecule is Cn1ccc(COc2cccc(CN)c2)n1. The number of nitrogens with two attached hydrogens (primary N) is 1. The highest BCUT2D eigenvalue weighted by atomic mass is 16.5. The first-order chi connectivity index (χ1) is 7.78. The summed E-state index contributed by atoms with van der Waals surface area (Å²) in [4.78, 5) is 0. The summed E-state index contributed by atoms with van der Waals surface area (Å²) in [6.45, 7) is 1.01. The normalized spacial score (nSPS) is 10.4. The predicted molar refractivity (Wildman–Crippen MR) is 61.9 cm³/mol. The van der Waals surface area contributed by atoms with Gasteiger partial charge in [0, 0.05) is 19.8 Å². The maximum Gasteiger partial charge on any atom is 0.132 e. The van der Waals surface area contributed by atoms with Gasteiger partial charge in [-0.1, -0.05) is 12.1 Å². The van der Waals surface area contributed by atoms with E-state index in [1.165, 1.54) is 0 Å². The average molecular weight is 217 g/mol. The van der Waals surface area contributed by atoms with Crippen LogP contribution in [0.3, 0.4) is 0 Å². The van der Waals surface area contributed by atoms with Crippen molar-refractivity contribution in [1.82, 2.24) is 9.78 Å². The molecule has 0 spiro atoms. The number of hydrogen-bond donors (Lipinski definition) is 1. The summed E-state index contributed by atoms with van der Waals surface area (Å²) in [5.74, 6) is 0.827. The smallest absolute Gasteiger partial charge is 0.132 e. The van der Waals surface area contributed by atoms with Crippen LogP contribution in [0.25, 0.3) is 0 Å². The Hall–Kier alpha value is -1.81. The zero-order valence-electron chi connectivity index (χ0n) is 9.26. The molecular formula is C12H15N3O. The molecule has 0 saturated heterocycles. The largest absolute Gasteiger partial charge is 0.487 e. The monoisotopic (exact) mass is 217 g/mol. The number of aryl methyl sites for hydroxylation is 1. The highest BCUT2D eigenvalue weighted by molar-refractivity contribution is 5.28. The summed E-state index contributed by atoms with van der Waals surface area (Å²) in [5.41, 5.74) is 7.54. The van der Waals surface area contributed by atoms with Crippen molar-refractivity contribution in [3.05, 3.63) is 47.8 Å². The van der Waals surface area contributed by atoms with Gasteiger partial charge < -0.3 is 10.5 Å². The van der Waals surface area contributed by atoms with Crippen molar-refractivity contribution in [3.8, 4) is 5.75 Å². The molecule has 0 aliphatic heterocycles. The molecule has 4 nitrogen and oxygen atoms in total. The topological polar surface area (TPSA) is 53.1 Å². The van der Waals surface area contributed by atoms with Crippen LogP contribution < -0.4 is 10.5 Å². The fourth-order valence-corrected chi connectivity index (χ4v) is 1.46. The molecule has 0 bridgehead atoms. The van der Waals surface area contributed by atoms with Crippen molar-refractivity contribution in [3.63, 3.8) is 0 Å². The van der Waals surface area contributed by atoms with E-state index in [4.69, 9.17) is 10.5 Å². The minimum absolute atomic E-state index is 0.481. The quantitative estimate of drug-likeness (QED) is 0.843. The summed E-state index contributed by atoms with van der Waals surface area (Å²) in [6, 6.07) is 9.72. The summed E-state index contributed by atoms with van der Waals surface area (Å²) in [6.07, 6.45) is 1.90. The number of nitrogens with zero attached hydrogens (tertiary/aromatic N) is 2. The van der Waals surface area contributed by atoms with Crippen LogP contribution in [0.4, 0.5) is 0 Å². The maximum atomic E-state index is 5.62. The van der Waals surface area contributed by atoms with Gasteiger partial charge in [0.25, 0.3) is 0 Å². The van der Waals surface area contributed by atoms with Crippen LogP contribution in [0.2, 0.25) is 0 Å². The van der Waals surface area contributed by atoms with E-state index in [9.17, 15) is 0 Å². The third-order valence-corrected chi connectivity index (χ3v) is 2.29. The Morgan fingerprint density at radius 3 is 2.94 bits per heavy atom. The molecule has 0 aliphatic carbocycles. The van der Waals surface area contributed by atoms with Crippen LogP contribution in [-0.2, 0) is 20.2 Å². The number of benzene rings is 1. The molecule has 1 aromatic heterocycles. The van der Waals surface area contributed by atoms with Gasteiger partial charge in [0.1, 0.15) is 12.4 Å². The minimum Gasteiger partial charge on any atom is -0.487 e. The van der Waals surface area contributed by atoms with Gasteiger partial charge in [-0.3, -0.25) is 4.68 Å². The van der Waals surface area contributed by atoms with Crippen molar-refractivity contribution < 1.29 is 4.74 Å². The van der Waals surface area contributed by atoms with Crippen molar-refractivity contribution in [2.75, 3.05) is 0 Å². The Morgan fingerprint density at radius 1 is 1.38 bits per heavy atom. The van der Waals surface area contributed by atoms with Gasteiger partial charge in [0.05, 0.1) is 5.69 Å². The standard InChI is InChI=1S/C12H15N3O/c1-15-6-5-11(14-15)9-16-12-4-2-3-10(7-12)8-13/h2-7H,8-9,13H2,1H3. The zero-order valence-corrected chi connectivity index (χ0v) is 9.26. The molecule has 1 aromatic carbocycles. The molecule has 2 rings (SSSR count). The Kier molecular flexibility index (Phi) is 3.22. The molecule has 16 heavy (non-hydrogen) atoms. The van der Waals surface area contributed by atoms with E-state index in [-0.39, 0.29) is 0 Å². The van der Waals surface area contributed by atoms with E-state index in [1.54, 1.807) is 4.68 Å². The van der Waals surface area contributed by atoms with Crippen molar-refractivity contribution in [2.45, 2.75) is 13.2 Å². The molecule has 1 heterocycles. The molecule has 0 unspecified atom stereocenters. The van der Waals surface area contributed by atoms with Gasteiger partial charge in [-0.2, -0.15) is 5.10 Å². The van der Waals surface area contributed by atoms with Gasteiger partial charge in [0.15, 0.2) is 0 Å². The number of hydrogen-bond acceptors (Lipinski definition) is 3. The molecule has 0 atom stereocenters.